The average Bonchev–Trinajstić information content (AvgIpc) is 2.94. The van der Waals surface area contributed by atoms with Crippen LogP contribution in [0.2, 0.25) is 0 Å². The average molecular weight is 302 g/mol. The van der Waals surface area contributed by atoms with Crippen molar-refractivity contribution < 1.29 is 0 Å². The van der Waals surface area contributed by atoms with Crippen LogP contribution < -0.4 is 0 Å². The van der Waals surface area contributed by atoms with Crippen LogP contribution in [0.15, 0.2) is 42.5 Å². The third kappa shape index (κ3) is 1.67. The Kier molecular flexibility index (Phi) is 2.61. The van der Waals surface area contributed by atoms with Gasteiger partial charge in [-0.3, -0.25) is 4.90 Å². The van der Waals surface area contributed by atoms with Gasteiger partial charge in [-0.2, -0.15) is 0 Å². The van der Waals surface area contributed by atoms with Gasteiger partial charge in [0.15, 0.2) is 0 Å². The van der Waals surface area contributed by atoms with E-state index in [0.717, 1.165) is 19.5 Å². The molecule has 2 nitrogen and oxygen atoms in total. The van der Waals surface area contributed by atoms with Crippen molar-refractivity contribution in [3.05, 3.63) is 70.4 Å². The monoisotopic (exact) mass is 302 g/mol. The van der Waals surface area contributed by atoms with Gasteiger partial charge in [-0.1, -0.05) is 35.9 Å². The smallest absolute Gasteiger partial charge is 0.0844 e. The van der Waals surface area contributed by atoms with Gasteiger partial charge in [0.2, 0.25) is 0 Å². The molecule has 2 aromatic carbocycles. The molecule has 0 aliphatic carbocycles. The lowest BCUT2D eigenvalue weighted by atomic mass is 9.75. The maximum Gasteiger partial charge on any atom is 0.0844 e. The van der Waals surface area contributed by atoms with E-state index in [2.05, 4.69) is 66.2 Å². The standard InChI is InChI=1S/C21H22N2/c1-14-7-8-19-17(13-14)16-10-12-23-11-9-15-5-3-4-6-18(15)21(23,2)20(16)22-19/h3-8,13,22H,9-12H2,1-2H3. The second-order valence-corrected chi connectivity index (χ2v) is 7.24. The predicted molar refractivity (Wildman–Crippen MR) is 94.9 cm³/mol. The first kappa shape index (κ1) is 13.4. The quantitative estimate of drug-likeness (QED) is 0.661. The summed E-state index contributed by atoms with van der Waals surface area (Å²) in [5, 5.41) is 1.42. The fourth-order valence-electron chi connectivity index (χ4n) is 4.77. The van der Waals surface area contributed by atoms with Crippen LogP contribution in [0.4, 0.5) is 0 Å². The molecular formula is C21H22N2. The van der Waals surface area contributed by atoms with Gasteiger partial charge < -0.3 is 4.98 Å². The van der Waals surface area contributed by atoms with Gasteiger partial charge in [0, 0.05) is 29.7 Å². The zero-order chi connectivity index (χ0) is 15.6. The molecule has 2 aliphatic heterocycles. The molecule has 1 unspecified atom stereocenters. The van der Waals surface area contributed by atoms with Crippen molar-refractivity contribution in [1.82, 2.24) is 9.88 Å². The summed E-state index contributed by atoms with van der Waals surface area (Å²) in [6.45, 7) is 6.90. The lowest BCUT2D eigenvalue weighted by molar-refractivity contribution is 0.112. The molecule has 0 spiro atoms. The summed E-state index contributed by atoms with van der Waals surface area (Å²) in [5.41, 5.74) is 8.54. The van der Waals surface area contributed by atoms with Crippen molar-refractivity contribution in [2.45, 2.75) is 32.2 Å². The van der Waals surface area contributed by atoms with Crippen LogP contribution in [-0.2, 0) is 18.4 Å². The Hall–Kier alpha value is -2.06. The SMILES string of the molecule is Cc1ccc2[nH]c3c(c2c1)CCN1CCc2ccccc2C31C. The highest BCUT2D eigenvalue weighted by Crippen LogP contribution is 2.46. The summed E-state index contributed by atoms with van der Waals surface area (Å²) in [5.74, 6) is 0. The van der Waals surface area contributed by atoms with E-state index < -0.39 is 0 Å². The van der Waals surface area contributed by atoms with Crippen LogP contribution in [0.3, 0.4) is 0 Å². The number of fused-ring (bicyclic) bond motifs is 7. The van der Waals surface area contributed by atoms with Gasteiger partial charge in [-0.15, -0.1) is 0 Å². The van der Waals surface area contributed by atoms with Crippen molar-refractivity contribution in [2.24, 2.45) is 0 Å². The number of aromatic nitrogens is 1. The van der Waals surface area contributed by atoms with Crippen LogP contribution in [-0.4, -0.2) is 23.0 Å². The number of H-pyrrole nitrogens is 1. The van der Waals surface area contributed by atoms with Crippen LogP contribution in [0, 0.1) is 6.92 Å². The van der Waals surface area contributed by atoms with E-state index in [9.17, 15) is 0 Å². The number of hydrogen-bond acceptors (Lipinski definition) is 1. The van der Waals surface area contributed by atoms with E-state index in [-0.39, 0.29) is 5.54 Å². The Morgan fingerprint density at radius 3 is 2.78 bits per heavy atom. The third-order valence-electron chi connectivity index (χ3n) is 6.01. The fourth-order valence-corrected chi connectivity index (χ4v) is 4.77. The summed E-state index contributed by atoms with van der Waals surface area (Å²) in [7, 11) is 0. The largest absolute Gasteiger partial charge is 0.356 e. The van der Waals surface area contributed by atoms with E-state index in [1.807, 2.05) is 0 Å². The number of aromatic amines is 1. The van der Waals surface area contributed by atoms with Crippen LogP contribution in [0.5, 0.6) is 0 Å². The van der Waals surface area contributed by atoms with Crippen molar-refractivity contribution in [3.63, 3.8) is 0 Å². The van der Waals surface area contributed by atoms with Crippen molar-refractivity contribution in [2.75, 3.05) is 13.1 Å². The molecule has 2 heteroatoms. The van der Waals surface area contributed by atoms with E-state index in [1.54, 1.807) is 0 Å². The molecule has 3 heterocycles. The minimum absolute atomic E-state index is 0.0185. The second-order valence-electron chi connectivity index (χ2n) is 7.24. The Balaban J connectivity index is 1.83. The third-order valence-corrected chi connectivity index (χ3v) is 6.01. The van der Waals surface area contributed by atoms with Gasteiger partial charge >= 0.3 is 0 Å². The summed E-state index contributed by atoms with van der Waals surface area (Å²) < 4.78 is 0. The molecule has 116 valence electrons. The molecule has 2 aliphatic rings. The summed E-state index contributed by atoms with van der Waals surface area (Å²) in [4.78, 5) is 6.45. The van der Waals surface area contributed by atoms with Crippen LogP contribution >= 0.6 is 0 Å². The maximum absolute atomic E-state index is 3.78. The molecule has 3 aromatic rings. The van der Waals surface area contributed by atoms with E-state index in [0.29, 0.717) is 0 Å². The molecule has 1 aromatic heterocycles. The highest BCUT2D eigenvalue weighted by Gasteiger charge is 2.45. The summed E-state index contributed by atoms with van der Waals surface area (Å²) in [6, 6.07) is 15.8. The molecule has 1 N–H and O–H groups in total. The summed E-state index contributed by atoms with van der Waals surface area (Å²) >= 11 is 0. The lowest BCUT2D eigenvalue weighted by Crippen LogP contribution is -2.53. The second kappa shape index (κ2) is 4.48. The zero-order valence-corrected chi connectivity index (χ0v) is 13.8. The number of rotatable bonds is 0. The van der Waals surface area contributed by atoms with E-state index in [1.165, 1.54) is 45.3 Å². The topological polar surface area (TPSA) is 19.0 Å². The minimum Gasteiger partial charge on any atom is -0.356 e. The molecule has 0 amide bonds. The van der Waals surface area contributed by atoms with E-state index >= 15 is 0 Å². The Labute approximate surface area is 137 Å². The van der Waals surface area contributed by atoms with Crippen molar-refractivity contribution in [3.8, 4) is 0 Å². The molecule has 23 heavy (non-hydrogen) atoms. The van der Waals surface area contributed by atoms with Crippen molar-refractivity contribution in [1.29, 1.82) is 0 Å². The normalized spacial score (nSPS) is 23.4. The molecular weight excluding hydrogens is 280 g/mol. The Morgan fingerprint density at radius 2 is 1.87 bits per heavy atom. The highest BCUT2D eigenvalue weighted by molar-refractivity contribution is 5.86. The van der Waals surface area contributed by atoms with Crippen molar-refractivity contribution >= 4 is 10.9 Å². The first-order valence-electron chi connectivity index (χ1n) is 8.63. The maximum atomic E-state index is 3.78. The summed E-state index contributed by atoms with van der Waals surface area (Å²) in [6.07, 6.45) is 2.32. The predicted octanol–water partition coefficient (Wildman–Crippen LogP) is 4.15. The van der Waals surface area contributed by atoms with Gasteiger partial charge in [0.1, 0.15) is 0 Å². The van der Waals surface area contributed by atoms with Gasteiger partial charge in [0.05, 0.1) is 5.54 Å². The Bertz CT molecular complexity index is 921. The van der Waals surface area contributed by atoms with E-state index in [4.69, 9.17) is 0 Å². The molecule has 0 bridgehead atoms. The first-order chi connectivity index (χ1) is 11.2. The number of aryl methyl sites for hydroxylation is 1. The van der Waals surface area contributed by atoms with Crippen LogP contribution in [0.1, 0.15) is 34.9 Å². The molecule has 1 atom stereocenters. The number of benzene rings is 2. The number of nitrogens with one attached hydrogen (secondary N) is 1. The molecule has 5 rings (SSSR count). The zero-order valence-electron chi connectivity index (χ0n) is 13.8. The molecule has 0 saturated heterocycles. The van der Waals surface area contributed by atoms with Crippen LogP contribution in [0.25, 0.3) is 10.9 Å². The molecule has 0 saturated carbocycles. The first-order valence-corrected chi connectivity index (χ1v) is 8.63. The Morgan fingerprint density at radius 1 is 1.04 bits per heavy atom. The number of nitrogens with zero attached hydrogens (tertiary/aromatic N) is 1. The number of hydrogen-bond donors (Lipinski definition) is 1. The molecule has 0 fully saturated rings. The van der Waals surface area contributed by atoms with Gasteiger partial charge in [-0.05, 0) is 55.5 Å². The fraction of sp³-hybridized carbons (Fsp3) is 0.333. The molecule has 0 radical (unpaired) electrons. The minimum atomic E-state index is -0.0185. The lowest BCUT2D eigenvalue weighted by Gasteiger charge is -2.49. The highest BCUT2D eigenvalue weighted by atomic mass is 15.2. The van der Waals surface area contributed by atoms with Gasteiger partial charge in [-0.25, -0.2) is 0 Å². The van der Waals surface area contributed by atoms with Gasteiger partial charge in [0.25, 0.3) is 0 Å².